The van der Waals surface area contributed by atoms with Crippen molar-refractivity contribution in [2.45, 2.75) is 28.7 Å². The van der Waals surface area contributed by atoms with Gasteiger partial charge in [-0.3, -0.25) is 0 Å². The highest BCUT2D eigenvalue weighted by atomic mass is 32.2. The molecule has 0 N–H and O–H groups in total. The van der Waals surface area contributed by atoms with E-state index in [1.165, 1.54) is 16.4 Å². The van der Waals surface area contributed by atoms with Crippen molar-refractivity contribution in [1.29, 1.82) is 0 Å². The fraction of sp³-hybridized carbons (Fsp3) is 0.286. The zero-order valence-electron chi connectivity index (χ0n) is 13.1. The van der Waals surface area contributed by atoms with Crippen LogP contribution in [0.3, 0.4) is 0 Å². The Morgan fingerprint density at radius 2 is 1.60 bits per heavy atom. The van der Waals surface area contributed by atoms with Crippen LogP contribution < -0.4 is 0 Å². The number of halogens is 4. The fourth-order valence-corrected chi connectivity index (χ4v) is 4.16. The number of pyridine rings is 2. The highest BCUT2D eigenvalue weighted by Crippen LogP contribution is 2.32. The Morgan fingerprint density at radius 1 is 1.04 bits per heavy atom. The lowest BCUT2D eigenvalue weighted by Gasteiger charge is -2.18. The highest BCUT2D eigenvalue weighted by molar-refractivity contribution is 7.99. The maximum absolute atomic E-state index is 13.6. The number of sulfonamides is 1. The molecular formula is C14H13F4N3O2S2. The van der Waals surface area contributed by atoms with Crippen molar-refractivity contribution in [3.63, 3.8) is 0 Å². The van der Waals surface area contributed by atoms with Gasteiger partial charge < -0.3 is 0 Å². The first-order chi connectivity index (χ1) is 11.7. The third-order valence-corrected chi connectivity index (χ3v) is 6.26. The molecule has 0 saturated heterocycles. The molecule has 0 aliphatic carbocycles. The van der Waals surface area contributed by atoms with E-state index < -0.39 is 38.4 Å². The van der Waals surface area contributed by atoms with Crippen molar-refractivity contribution in [3.8, 4) is 0 Å². The van der Waals surface area contributed by atoms with Gasteiger partial charge >= 0.3 is 0 Å². The predicted molar refractivity (Wildman–Crippen MR) is 82.5 cm³/mol. The van der Waals surface area contributed by atoms with Gasteiger partial charge in [-0.1, -0.05) is 25.6 Å². The van der Waals surface area contributed by atoms with Crippen molar-refractivity contribution in [2.75, 3.05) is 13.1 Å². The third-order valence-electron chi connectivity index (χ3n) is 3.22. The molecule has 0 saturated carbocycles. The van der Waals surface area contributed by atoms with Crippen LogP contribution in [0.2, 0.25) is 0 Å². The van der Waals surface area contributed by atoms with Crippen LogP contribution in [0.5, 0.6) is 0 Å². The summed E-state index contributed by atoms with van der Waals surface area (Å²) < 4.78 is 79.2. The molecule has 0 fully saturated rings. The SMILES string of the molecule is CCN(CC)S(=O)(=O)c1ccc(Sc2c(F)c(F)nc(F)c2F)nc1. The minimum Gasteiger partial charge on any atom is -0.248 e. The van der Waals surface area contributed by atoms with Crippen molar-refractivity contribution >= 4 is 21.8 Å². The molecular weight excluding hydrogens is 382 g/mol. The maximum atomic E-state index is 13.6. The highest BCUT2D eigenvalue weighted by Gasteiger charge is 2.24. The van der Waals surface area contributed by atoms with Crippen LogP contribution in [0, 0.1) is 23.5 Å². The van der Waals surface area contributed by atoms with E-state index in [9.17, 15) is 26.0 Å². The van der Waals surface area contributed by atoms with Gasteiger partial charge in [-0.2, -0.15) is 18.1 Å². The van der Waals surface area contributed by atoms with Crippen molar-refractivity contribution in [3.05, 3.63) is 41.9 Å². The Bertz CT molecular complexity index is 846. The molecule has 25 heavy (non-hydrogen) atoms. The summed E-state index contributed by atoms with van der Waals surface area (Å²) in [5.41, 5.74) is 0. The Kier molecular flexibility index (Phi) is 6.01. The molecule has 0 bridgehead atoms. The number of hydrogen-bond donors (Lipinski definition) is 0. The van der Waals surface area contributed by atoms with Gasteiger partial charge in [0, 0.05) is 19.3 Å². The molecule has 0 aromatic carbocycles. The second kappa shape index (κ2) is 7.67. The summed E-state index contributed by atoms with van der Waals surface area (Å²) >= 11 is 0.319. The van der Waals surface area contributed by atoms with E-state index in [0.29, 0.717) is 11.8 Å². The molecule has 0 unspecified atom stereocenters. The molecule has 0 aliphatic heterocycles. The minimum absolute atomic E-state index is 0.0405. The zero-order chi connectivity index (χ0) is 18.8. The maximum Gasteiger partial charge on any atom is 0.252 e. The predicted octanol–water partition coefficient (Wildman–Crippen LogP) is 3.21. The van der Waals surface area contributed by atoms with E-state index in [-0.39, 0.29) is 23.0 Å². The number of aromatic nitrogens is 2. The standard InChI is InChI=1S/C14H13F4N3O2S2/c1-3-21(4-2)25(22,23)8-5-6-9(19-7-8)24-12-10(15)13(17)20-14(18)11(12)16/h5-7H,3-4H2,1-2H3. The van der Waals surface area contributed by atoms with E-state index in [2.05, 4.69) is 9.97 Å². The summed E-state index contributed by atoms with van der Waals surface area (Å²) in [6.07, 6.45) is 1.01. The summed E-state index contributed by atoms with van der Waals surface area (Å²) in [7, 11) is -3.74. The van der Waals surface area contributed by atoms with Crippen molar-refractivity contribution < 1.29 is 26.0 Å². The normalized spacial score (nSPS) is 12.0. The van der Waals surface area contributed by atoms with Gasteiger partial charge in [-0.25, -0.2) is 22.2 Å². The summed E-state index contributed by atoms with van der Waals surface area (Å²) in [5.74, 6) is -6.85. The van der Waals surface area contributed by atoms with Crippen LogP contribution in [0.15, 0.2) is 33.1 Å². The number of nitrogens with zero attached hydrogens (tertiary/aromatic N) is 3. The zero-order valence-corrected chi connectivity index (χ0v) is 14.8. The lowest BCUT2D eigenvalue weighted by molar-refractivity contribution is 0.383. The van der Waals surface area contributed by atoms with E-state index in [4.69, 9.17) is 0 Å². The lowest BCUT2D eigenvalue weighted by Crippen LogP contribution is -2.30. The van der Waals surface area contributed by atoms with Crippen LogP contribution in [-0.4, -0.2) is 35.8 Å². The molecule has 0 aliphatic rings. The van der Waals surface area contributed by atoms with Crippen LogP contribution in [-0.2, 0) is 10.0 Å². The van der Waals surface area contributed by atoms with Gasteiger partial charge in [0.05, 0.1) is 4.90 Å². The van der Waals surface area contributed by atoms with Gasteiger partial charge in [0.15, 0.2) is 11.6 Å². The molecule has 2 rings (SSSR count). The molecule has 5 nitrogen and oxygen atoms in total. The van der Waals surface area contributed by atoms with Crippen LogP contribution in [0.4, 0.5) is 17.6 Å². The molecule has 136 valence electrons. The Balaban J connectivity index is 2.34. The Hall–Kier alpha value is -1.72. The average Bonchev–Trinajstić information content (AvgIpc) is 2.58. The fourth-order valence-electron chi connectivity index (χ4n) is 1.95. The Morgan fingerprint density at radius 3 is 2.04 bits per heavy atom. The largest absolute Gasteiger partial charge is 0.252 e. The molecule has 2 heterocycles. The Labute approximate surface area is 146 Å². The summed E-state index contributed by atoms with van der Waals surface area (Å²) in [6.45, 7) is 3.89. The molecule has 0 amide bonds. The smallest absolute Gasteiger partial charge is 0.248 e. The molecule has 2 aromatic heterocycles. The second-order valence-corrected chi connectivity index (χ2v) is 7.64. The van der Waals surface area contributed by atoms with E-state index >= 15 is 0 Å². The molecule has 0 atom stereocenters. The summed E-state index contributed by atoms with van der Waals surface area (Å²) in [4.78, 5) is 5.20. The molecule has 2 aromatic rings. The van der Waals surface area contributed by atoms with Gasteiger partial charge in [0.2, 0.25) is 10.0 Å². The van der Waals surface area contributed by atoms with E-state index in [0.717, 1.165) is 6.20 Å². The van der Waals surface area contributed by atoms with Gasteiger partial charge in [0.25, 0.3) is 11.9 Å². The van der Waals surface area contributed by atoms with E-state index in [1.807, 2.05) is 0 Å². The van der Waals surface area contributed by atoms with Gasteiger partial charge in [-0.15, -0.1) is 0 Å². The minimum atomic E-state index is -3.74. The van der Waals surface area contributed by atoms with Crippen LogP contribution in [0.1, 0.15) is 13.8 Å². The summed E-state index contributed by atoms with van der Waals surface area (Å²) in [6, 6.07) is 2.39. The lowest BCUT2D eigenvalue weighted by atomic mass is 10.4. The quantitative estimate of drug-likeness (QED) is 0.555. The van der Waals surface area contributed by atoms with Crippen LogP contribution >= 0.6 is 11.8 Å². The first-order valence-corrected chi connectivity index (χ1v) is 9.32. The van der Waals surface area contributed by atoms with Crippen molar-refractivity contribution in [2.24, 2.45) is 0 Å². The van der Waals surface area contributed by atoms with Gasteiger partial charge in [0.1, 0.15) is 9.92 Å². The first-order valence-electron chi connectivity index (χ1n) is 7.06. The first kappa shape index (κ1) is 19.6. The number of rotatable bonds is 6. The van der Waals surface area contributed by atoms with Crippen LogP contribution in [0.25, 0.3) is 0 Å². The molecule has 11 heteroatoms. The van der Waals surface area contributed by atoms with Crippen molar-refractivity contribution in [1.82, 2.24) is 14.3 Å². The van der Waals surface area contributed by atoms with E-state index in [1.54, 1.807) is 13.8 Å². The number of hydrogen-bond acceptors (Lipinski definition) is 5. The molecule has 0 radical (unpaired) electrons. The summed E-state index contributed by atoms with van der Waals surface area (Å²) in [5, 5.41) is -0.0405. The monoisotopic (exact) mass is 395 g/mol. The average molecular weight is 395 g/mol. The molecule has 0 spiro atoms. The third kappa shape index (κ3) is 3.93. The topological polar surface area (TPSA) is 63.2 Å². The van der Waals surface area contributed by atoms with Gasteiger partial charge in [-0.05, 0) is 12.1 Å². The second-order valence-electron chi connectivity index (χ2n) is 4.67.